The molecule has 0 amide bonds. The lowest BCUT2D eigenvalue weighted by Crippen LogP contribution is -2.06. The molecule has 0 N–H and O–H groups in total. The molecule has 0 unspecified atom stereocenters. The zero-order valence-electron chi connectivity index (χ0n) is 7.69. The van der Waals surface area contributed by atoms with Crippen LogP contribution in [-0.4, -0.2) is 17.5 Å². The molecule has 0 atom stereocenters. The second kappa shape index (κ2) is 3.49. The van der Waals surface area contributed by atoms with Gasteiger partial charge in [0.2, 0.25) is 0 Å². The molecule has 2 rings (SSSR count). The smallest absolute Gasteiger partial charge is 0.262 e. The van der Waals surface area contributed by atoms with E-state index in [1.807, 2.05) is 18.2 Å². The number of fused-ring (bicyclic) bond motifs is 1. The number of carbonyl (C=O) groups excluding carboxylic acids is 1. The highest BCUT2D eigenvalue weighted by molar-refractivity contribution is 5.82. The molecule has 2 aromatic rings. The summed E-state index contributed by atoms with van der Waals surface area (Å²) in [5.74, 6) is 0.327. The molecule has 1 aromatic carbocycles. The van der Waals surface area contributed by atoms with Gasteiger partial charge in [-0.25, -0.2) is 0 Å². The first-order valence-electron chi connectivity index (χ1n) is 4.24. The van der Waals surface area contributed by atoms with Crippen LogP contribution in [-0.2, 0) is 4.79 Å². The molecule has 0 aliphatic rings. The quantitative estimate of drug-likeness (QED) is 0.742. The Labute approximate surface area is 80.4 Å². The highest BCUT2D eigenvalue weighted by Crippen LogP contribution is 2.23. The van der Waals surface area contributed by atoms with Crippen molar-refractivity contribution in [1.29, 1.82) is 0 Å². The number of ether oxygens (including phenoxy) is 1. The molecule has 14 heavy (non-hydrogen) atoms. The van der Waals surface area contributed by atoms with Crippen LogP contribution in [0.15, 0.2) is 28.8 Å². The average molecular weight is 191 g/mol. The van der Waals surface area contributed by atoms with Crippen LogP contribution < -0.4 is 4.74 Å². The maximum Gasteiger partial charge on any atom is 0.262 e. The van der Waals surface area contributed by atoms with Crippen molar-refractivity contribution in [2.75, 3.05) is 6.61 Å². The number of aromatic nitrogens is 1. The molecule has 1 aromatic heterocycles. The van der Waals surface area contributed by atoms with E-state index < -0.39 is 0 Å². The van der Waals surface area contributed by atoms with E-state index in [0.29, 0.717) is 11.5 Å². The molecule has 0 aliphatic heterocycles. The molecule has 0 aliphatic carbocycles. The van der Waals surface area contributed by atoms with Crippen molar-refractivity contribution >= 4 is 16.8 Å². The molecule has 0 spiro atoms. The van der Waals surface area contributed by atoms with Gasteiger partial charge in [0, 0.05) is 0 Å². The summed E-state index contributed by atoms with van der Waals surface area (Å²) in [7, 11) is 0. The predicted molar refractivity (Wildman–Crippen MR) is 50.2 cm³/mol. The Balaban J connectivity index is 2.29. The van der Waals surface area contributed by atoms with Crippen LogP contribution in [0.2, 0.25) is 0 Å². The monoisotopic (exact) mass is 191 g/mol. The van der Waals surface area contributed by atoms with Crippen LogP contribution in [0.4, 0.5) is 0 Å². The third-order valence-electron chi connectivity index (χ3n) is 1.76. The van der Waals surface area contributed by atoms with Crippen LogP contribution in [0.25, 0.3) is 11.0 Å². The van der Waals surface area contributed by atoms with Crippen molar-refractivity contribution < 1.29 is 14.1 Å². The second-order valence-corrected chi connectivity index (χ2v) is 2.97. The molecule has 4 heteroatoms. The summed E-state index contributed by atoms with van der Waals surface area (Å²) in [5, 5.41) is 4.50. The van der Waals surface area contributed by atoms with Gasteiger partial charge < -0.3 is 9.26 Å². The fourth-order valence-electron chi connectivity index (χ4n) is 1.14. The number of para-hydroxylation sites is 1. The number of carbonyl (C=O) groups is 1. The lowest BCUT2D eigenvalue weighted by Gasteiger charge is -1.97. The van der Waals surface area contributed by atoms with Crippen molar-refractivity contribution in [1.82, 2.24) is 5.16 Å². The lowest BCUT2D eigenvalue weighted by molar-refractivity contribution is -0.119. The Morgan fingerprint density at radius 2 is 2.29 bits per heavy atom. The van der Waals surface area contributed by atoms with Crippen molar-refractivity contribution in [3.8, 4) is 5.88 Å². The number of ketones is 1. The number of Topliss-reactive ketones (excluding diaryl/α,β-unsaturated/α-hetero) is 1. The molecule has 0 radical (unpaired) electrons. The maximum absolute atomic E-state index is 10.7. The Morgan fingerprint density at radius 3 is 3.07 bits per heavy atom. The van der Waals surface area contributed by atoms with E-state index in [-0.39, 0.29) is 12.4 Å². The van der Waals surface area contributed by atoms with Crippen molar-refractivity contribution in [3.05, 3.63) is 24.3 Å². The molecule has 1 heterocycles. The van der Waals surface area contributed by atoms with Crippen LogP contribution in [0.5, 0.6) is 5.88 Å². The number of hydrogen-bond donors (Lipinski definition) is 0. The minimum atomic E-state index is -0.0444. The first-order valence-corrected chi connectivity index (χ1v) is 4.24. The third-order valence-corrected chi connectivity index (χ3v) is 1.76. The summed E-state index contributed by atoms with van der Waals surface area (Å²) in [6.45, 7) is 1.48. The fraction of sp³-hybridized carbons (Fsp3) is 0.200. The zero-order chi connectivity index (χ0) is 9.97. The topological polar surface area (TPSA) is 52.3 Å². The Kier molecular flexibility index (Phi) is 2.18. The Hall–Kier alpha value is -1.84. The van der Waals surface area contributed by atoms with Gasteiger partial charge in [-0.3, -0.25) is 4.79 Å². The van der Waals surface area contributed by atoms with E-state index in [0.717, 1.165) is 5.39 Å². The Bertz CT molecular complexity index is 461. The van der Waals surface area contributed by atoms with Gasteiger partial charge in [-0.1, -0.05) is 12.1 Å². The van der Waals surface area contributed by atoms with Crippen LogP contribution in [0.3, 0.4) is 0 Å². The maximum atomic E-state index is 10.7. The fourth-order valence-corrected chi connectivity index (χ4v) is 1.14. The van der Waals surface area contributed by atoms with Crippen LogP contribution >= 0.6 is 0 Å². The summed E-state index contributed by atoms with van der Waals surface area (Å²) in [5.41, 5.74) is 0.658. The van der Waals surface area contributed by atoms with E-state index in [9.17, 15) is 4.79 Å². The summed E-state index contributed by atoms with van der Waals surface area (Å²) >= 11 is 0. The SMILES string of the molecule is CC(=O)COc1noc2ccccc12. The largest absolute Gasteiger partial charge is 0.467 e. The van der Waals surface area contributed by atoms with Gasteiger partial charge in [-0.2, -0.15) is 0 Å². The first-order chi connectivity index (χ1) is 6.77. The van der Waals surface area contributed by atoms with E-state index >= 15 is 0 Å². The molecule has 0 fully saturated rings. The van der Waals surface area contributed by atoms with Gasteiger partial charge in [0.1, 0.15) is 6.61 Å². The third kappa shape index (κ3) is 1.59. The number of nitrogens with zero attached hydrogens (tertiary/aromatic N) is 1. The number of benzene rings is 1. The van der Waals surface area contributed by atoms with E-state index in [1.54, 1.807) is 6.07 Å². The van der Waals surface area contributed by atoms with Crippen molar-refractivity contribution in [3.63, 3.8) is 0 Å². The molecule has 0 saturated carbocycles. The van der Waals surface area contributed by atoms with Crippen LogP contribution in [0, 0.1) is 0 Å². The van der Waals surface area contributed by atoms with Crippen molar-refractivity contribution in [2.45, 2.75) is 6.92 Å². The van der Waals surface area contributed by atoms with E-state index in [2.05, 4.69) is 5.16 Å². The van der Waals surface area contributed by atoms with E-state index in [4.69, 9.17) is 9.26 Å². The first kappa shape index (κ1) is 8.74. The van der Waals surface area contributed by atoms with Gasteiger partial charge in [0.15, 0.2) is 11.4 Å². The summed E-state index contributed by atoms with van der Waals surface area (Å²) in [4.78, 5) is 10.7. The van der Waals surface area contributed by atoms with Crippen LogP contribution in [0.1, 0.15) is 6.92 Å². The molecular weight excluding hydrogens is 182 g/mol. The van der Waals surface area contributed by atoms with Gasteiger partial charge in [-0.05, 0) is 24.2 Å². The summed E-state index contributed by atoms with van der Waals surface area (Å²) < 4.78 is 10.2. The molecule has 72 valence electrons. The molecular formula is C10H9NO3. The second-order valence-electron chi connectivity index (χ2n) is 2.97. The normalized spacial score (nSPS) is 10.4. The highest BCUT2D eigenvalue weighted by Gasteiger charge is 2.08. The molecule has 0 saturated heterocycles. The summed E-state index contributed by atoms with van der Waals surface area (Å²) in [6, 6.07) is 7.34. The predicted octanol–water partition coefficient (Wildman–Crippen LogP) is 1.80. The van der Waals surface area contributed by atoms with E-state index in [1.165, 1.54) is 6.92 Å². The van der Waals surface area contributed by atoms with Crippen molar-refractivity contribution in [2.24, 2.45) is 0 Å². The Morgan fingerprint density at radius 1 is 1.50 bits per heavy atom. The highest BCUT2D eigenvalue weighted by atomic mass is 16.5. The van der Waals surface area contributed by atoms with Gasteiger partial charge in [0.25, 0.3) is 5.88 Å². The van der Waals surface area contributed by atoms with Gasteiger partial charge >= 0.3 is 0 Å². The van der Waals surface area contributed by atoms with Gasteiger partial charge in [-0.15, -0.1) is 0 Å². The van der Waals surface area contributed by atoms with Gasteiger partial charge in [0.05, 0.1) is 5.39 Å². The standard InChI is InChI=1S/C10H9NO3/c1-7(12)6-13-10-8-4-2-3-5-9(8)14-11-10/h2-5H,6H2,1H3. The minimum Gasteiger partial charge on any atom is -0.467 e. The number of rotatable bonds is 3. The molecule has 0 bridgehead atoms. The average Bonchev–Trinajstić information content (AvgIpc) is 2.58. The molecule has 4 nitrogen and oxygen atoms in total. The zero-order valence-corrected chi connectivity index (χ0v) is 7.69. The minimum absolute atomic E-state index is 0.0243. The summed E-state index contributed by atoms with van der Waals surface area (Å²) in [6.07, 6.45) is 0. The lowest BCUT2D eigenvalue weighted by atomic mass is 10.3. The number of hydrogen-bond acceptors (Lipinski definition) is 4.